The molecule has 3 heterocycles. The third kappa shape index (κ3) is 4.73. The maximum absolute atomic E-state index is 13.6. The Kier molecular flexibility index (Phi) is 6.31. The van der Waals surface area contributed by atoms with Gasteiger partial charge in [-0.05, 0) is 48.5 Å². The second kappa shape index (κ2) is 9.57. The molecule has 0 fully saturated rings. The molecule has 0 aliphatic carbocycles. The molecule has 0 saturated carbocycles. The second-order valence-electron chi connectivity index (χ2n) is 7.57. The lowest BCUT2D eigenvalue weighted by molar-refractivity contribution is 0.432. The minimum Gasteiger partial charge on any atom is -0.505 e. The van der Waals surface area contributed by atoms with Crippen LogP contribution in [-0.2, 0) is 10.0 Å². The van der Waals surface area contributed by atoms with E-state index < -0.39 is 21.6 Å². The number of nitrogens with zero attached hydrogens (tertiary/aromatic N) is 4. The number of halogens is 2. The molecular weight excluding hydrogens is 511 g/mol. The predicted octanol–water partition coefficient (Wildman–Crippen LogP) is 3.94. The molecule has 0 amide bonds. The first-order valence-electron chi connectivity index (χ1n) is 10.6. The number of hydrogen-bond acceptors (Lipinski definition) is 8. The fourth-order valence-corrected chi connectivity index (χ4v) is 4.68. The first kappa shape index (κ1) is 23.7. The van der Waals surface area contributed by atoms with Crippen molar-refractivity contribution >= 4 is 33.4 Å². The zero-order valence-corrected chi connectivity index (χ0v) is 20.0. The highest BCUT2D eigenvalue weighted by atomic mass is 35.5. The second-order valence-corrected chi connectivity index (χ2v) is 9.78. The zero-order valence-electron chi connectivity index (χ0n) is 18.4. The highest BCUT2D eigenvalue weighted by molar-refractivity contribution is 7.89. The molecule has 0 atom stereocenters. The van der Waals surface area contributed by atoms with Crippen LogP contribution >= 0.6 is 11.6 Å². The molecule has 0 bridgehead atoms. The molecular formula is C23H18ClFN6O4S. The Morgan fingerprint density at radius 1 is 1.08 bits per heavy atom. The average molecular weight is 529 g/mol. The number of hydrogen-bond donors (Lipinski definition) is 3. The molecule has 0 unspecified atom stereocenters. The number of phenols is 1. The van der Waals surface area contributed by atoms with Crippen LogP contribution in [0.5, 0.6) is 5.75 Å². The van der Waals surface area contributed by atoms with Gasteiger partial charge in [0.2, 0.25) is 16.0 Å². The highest BCUT2D eigenvalue weighted by Crippen LogP contribution is 2.34. The lowest BCUT2D eigenvalue weighted by Crippen LogP contribution is -2.29. The molecule has 0 aliphatic heterocycles. The topological polar surface area (TPSA) is 135 Å². The highest BCUT2D eigenvalue weighted by Gasteiger charge is 2.20. The number of phenolic OH excluding ortho intramolecular Hbond substituents is 1. The van der Waals surface area contributed by atoms with Gasteiger partial charge in [0.1, 0.15) is 17.7 Å². The van der Waals surface area contributed by atoms with Gasteiger partial charge in [-0.2, -0.15) is 4.98 Å². The molecule has 5 rings (SSSR count). The maximum Gasteiger partial charge on any atom is 0.306 e. The van der Waals surface area contributed by atoms with Crippen LogP contribution in [0, 0.1) is 5.82 Å². The van der Waals surface area contributed by atoms with Crippen LogP contribution in [0.1, 0.15) is 0 Å². The first-order chi connectivity index (χ1) is 17.3. The van der Waals surface area contributed by atoms with Crippen molar-refractivity contribution in [3.63, 3.8) is 0 Å². The van der Waals surface area contributed by atoms with Crippen LogP contribution in [0.15, 0.2) is 76.5 Å². The number of imidazole rings is 1. The van der Waals surface area contributed by atoms with Gasteiger partial charge in [-0.25, -0.2) is 27.5 Å². The molecule has 5 aromatic rings. The zero-order chi connectivity index (χ0) is 25.3. The Bertz CT molecular complexity index is 1650. The van der Waals surface area contributed by atoms with Gasteiger partial charge in [0.15, 0.2) is 11.6 Å². The molecule has 184 valence electrons. The molecule has 0 saturated heterocycles. The molecule has 36 heavy (non-hydrogen) atoms. The minimum atomic E-state index is -3.69. The Labute approximate surface area is 209 Å². The van der Waals surface area contributed by atoms with Gasteiger partial charge < -0.3 is 14.8 Å². The summed E-state index contributed by atoms with van der Waals surface area (Å²) < 4.78 is 48.0. The van der Waals surface area contributed by atoms with E-state index in [9.17, 15) is 17.9 Å². The van der Waals surface area contributed by atoms with Crippen molar-refractivity contribution < 1.29 is 22.3 Å². The van der Waals surface area contributed by atoms with Crippen molar-refractivity contribution in [1.82, 2.24) is 24.1 Å². The SMILES string of the molecule is O=S(=O)(NCCNc1nccc(-c2c(-c3ccc(F)c(O)c3)nc3occn23)n1)c1ccc(Cl)cc1. The molecule has 13 heteroatoms. The Balaban J connectivity index is 1.35. The van der Waals surface area contributed by atoms with Gasteiger partial charge in [0.05, 0.1) is 10.6 Å². The number of benzene rings is 2. The molecule has 0 aliphatic rings. The molecule has 0 radical (unpaired) electrons. The van der Waals surface area contributed by atoms with Crippen LogP contribution < -0.4 is 10.0 Å². The summed E-state index contributed by atoms with van der Waals surface area (Å²) in [6.45, 7) is 0.291. The van der Waals surface area contributed by atoms with E-state index in [2.05, 4.69) is 25.0 Å². The third-order valence-corrected chi connectivity index (χ3v) is 6.93. The number of fused-ring (bicyclic) bond motifs is 1. The molecule has 3 N–H and O–H groups in total. The van der Waals surface area contributed by atoms with E-state index in [0.717, 1.165) is 6.07 Å². The van der Waals surface area contributed by atoms with Crippen LogP contribution in [0.25, 0.3) is 28.5 Å². The average Bonchev–Trinajstić information content (AvgIpc) is 3.46. The fourth-order valence-electron chi connectivity index (χ4n) is 3.52. The van der Waals surface area contributed by atoms with Crippen LogP contribution in [0.2, 0.25) is 5.02 Å². The van der Waals surface area contributed by atoms with Crippen LogP contribution in [-0.4, -0.2) is 46.0 Å². The van der Waals surface area contributed by atoms with E-state index in [-0.39, 0.29) is 29.8 Å². The van der Waals surface area contributed by atoms with E-state index in [1.807, 2.05) is 0 Å². The maximum atomic E-state index is 13.6. The van der Waals surface area contributed by atoms with Crippen molar-refractivity contribution in [1.29, 1.82) is 0 Å². The van der Waals surface area contributed by atoms with E-state index in [1.54, 1.807) is 16.7 Å². The van der Waals surface area contributed by atoms with Crippen molar-refractivity contribution in [2.24, 2.45) is 0 Å². The van der Waals surface area contributed by atoms with E-state index in [1.165, 1.54) is 48.9 Å². The number of nitrogens with one attached hydrogen (secondary N) is 2. The van der Waals surface area contributed by atoms with Crippen molar-refractivity contribution in [2.75, 3.05) is 18.4 Å². The van der Waals surface area contributed by atoms with E-state index in [0.29, 0.717) is 27.7 Å². The largest absolute Gasteiger partial charge is 0.505 e. The van der Waals surface area contributed by atoms with E-state index in [4.69, 9.17) is 16.0 Å². The van der Waals surface area contributed by atoms with Crippen molar-refractivity contribution in [3.8, 4) is 28.4 Å². The molecule has 3 aromatic heterocycles. The number of oxazole rings is 1. The molecule has 2 aromatic carbocycles. The van der Waals surface area contributed by atoms with Gasteiger partial charge in [-0.3, -0.25) is 4.40 Å². The number of rotatable bonds is 8. The summed E-state index contributed by atoms with van der Waals surface area (Å²) in [6, 6.07) is 11.4. The minimum absolute atomic E-state index is 0.0807. The summed E-state index contributed by atoms with van der Waals surface area (Å²) >= 11 is 5.81. The molecule has 0 spiro atoms. The van der Waals surface area contributed by atoms with E-state index >= 15 is 0 Å². The van der Waals surface area contributed by atoms with Crippen LogP contribution in [0.4, 0.5) is 10.3 Å². The number of sulfonamides is 1. The third-order valence-electron chi connectivity index (χ3n) is 5.20. The monoisotopic (exact) mass is 528 g/mol. The lowest BCUT2D eigenvalue weighted by Gasteiger charge is -2.09. The first-order valence-corrected chi connectivity index (χ1v) is 12.4. The van der Waals surface area contributed by atoms with Gasteiger partial charge in [-0.1, -0.05) is 11.6 Å². The van der Waals surface area contributed by atoms with Crippen molar-refractivity contribution in [3.05, 3.63) is 78.0 Å². The number of aromatic hydroxyl groups is 1. The number of aromatic nitrogens is 4. The Morgan fingerprint density at radius 2 is 1.89 bits per heavy atom. The summed E-state index contributed by atoms with van der Waals surface area (Å²) in [7, 11) is -3.69. The lowest BCUT2D eigenvalue weighted by atomic mass is 10.1. The smallest absolute Gasteiger partial charge is 0.306 e. The number of anilines is 1. The van der Waals surface area contributed by atoms with Crippen molar-refractivity contribution in [2.45, 2.75) is 4.90 Å². The summed E-state index contributed by atoms with van der Waals surface area (Å²) in [5, 5.41) is 13.3. The summed E-state index contributed by atoms with van der Waals surface area (Å²) in [6.07, 6.45) is 4.66. The van der Waals surface area contributed by atoms with Gasteiger partial charge in [0, 0.05) is 36.1 Å². The quantitative estimate of drug-likeness (QED) is 0.258. The van der Waals surface area contributed by atoms with Gasteiger partial charge in [-0.15, -0.1) is 0 Å². The standard InChI is InChI=1S/C23H18ClFN6O4S/c24-15-2-4-16(5-3-15)36(33,34)28-10-9-27-22-26-8-7-18(29-22)21-20(30-23-31(21)11-12-35-23)14-1-6-17(25)19(32)13-14/h1-8,11-13,28,32H,9-10H2,(H,26,27,29). The predicted molar refractivity (Wildman–Crippen MR) is 131 cm³/mol. The fraction of sp³-hybridized carbons (Fsp3) is 0.0870. The van der Waals surface area contributed by atoms with Crippen LogP contribution in [0.3, 0.4) is 0 Å². The summed E-state index contributed by atoms with van der Waals surface area (Å²) in [4.78, 5) is 13.3. The Morgan fingerprint density at radius 3 is 2.67 bits per heavy atom. The van der Waals surface area contributed by atoms with Gasteiger partial charge in [0.25, 0.3) is 0 Å². The normalized spacial score (nSPS) is 11.7. The summed E-state index contributed by atoms with van der Waals surface area (Å²) in [5.74, 6) is -0.712. The Hall–Kier alpha value is -4.00. The van der Waals surface area contributed by atoms with Gasteiger partial charge >= 0.3 is 5.84 Å². The molecule has 10 nitrogen and oxygen atoms in total. The summed E-state index contributed by atoms with van der Waals surface area (Å²) in [5.41, 5.74) is 1.90.